The lowest BCUT2D eigenvalue weighted by Crippen LogP contribution is -2.51. The van der Waals surface area contributed by atoms with Crippen molar-refractivity contribution in [3.8, 4) is 0 Å². The number of nitrogens with one attached hydrogen (secondary N) is 1. The van der Waals surface area contributed by atoms with Gasteiger partial charge < -0.3 is 20.5 Å². The lowest BCUT2D eigenvalue weighted by atomic mass is 9.93. The number of aromatic nitrogens is 1. The molecule has 2 unspecified atom stereocenters. The first kappa shape index (κ1) is 16.0. The van der Waals surface area contributed by atoms with Crippen molar-refractivity contribution in [3.05, 3.63) is 17.5 Å². The first-order valence-electron chi connectivity index (χ1n) is 8.33. The van der Waals surface area contributed by atoms with Gasteiger partial charge in [-0.3, -0.25) is 9.59 Å². The largest absolute Gasteiger partial charge is 0.360 e. The van der Waals surface area contributed by atoms with Gasteiger partial charge in [0.05, 0.1) is 0 Å². The van der Waals surface area contributed by atoms with Crippen LogP contribution in [0.4, 0.5) is 0 Å². The first-order valence-corrected chi connectivity index (χ1v) is 8.33. The number of nitrogens with two attached hydrogens (primary N) is 1. The van der Waals surface area contributed by atoms with Crippen LogP contribution in [0.1, 0.15) is 54.8 Å². The Bertz CT molecular complexity index is 582. The molecule has 7 heteroatoms. The van der Waals surface area contributed by atoms with E-state index in [1.165, 1.54) is 0 Å². The first-order chi connectivity index (χ1) is 11.1. The molecule has 3 rings (SSSR count). The van der Waals surface area contributed by atoms with E-state index in [9.17, 15) is 9.59 Å². The zero-order valence-electron chi connectivity index (χ0n) is 13.5. The Morgan fingerprint density at radius 1 is 1.43 bits per heavy atom. The van der Waals surface area contributed by atoms with E-state index in [4.69, 9.17) is 10.3 Å². The Morgan fingerprint density at radius 3 is 2.87 bits per heavy atom. The van der Waals surface area contributed by atoms with Crippen molar-refractivity contribution < 1.29 is 14.1 Å². The predicted octanol–water partition coefficient (Wildman–Crippen LogP) is 0.868. The Balaban J connectivity index is 1.53. The molecule has 2 amide bonds. The highest BCUT2D eigenvalue weighted by molar-refractivity contribution is 5.92. The molecular formula is C16H24N4O3. The van der Waals surface area contributed by atoms with Crippen molar-refractivity contribution >= 4 is 11.8 Å². The van der Waals surface area contributed by atoms with E-state index in [0.717, 1.165) is 25.0 Å². The molecule has 1 aliphatic heterocycles. The summed E-state index contributed by atoms with van der Waals surface area (Å²) >= 11 is 0. The van der Waals surface area contributed by atoms with Crippen LogP contribution in [0.3, 0.4) is 0 Å². The molecule has 0 bridgehead atoms. The van der Waals surface area contributed by atoms with Crippen molar-refractivity contribution in [2.75, 3.05) is 19.6 Å². The van der Waals surface area contributed by atoms with Crippen LogP contribution in [-0.2, 0) is 4.79 Å². The van der Waals surface area contributed by atoms with Crippen LogP contribution >= 0.6 is 0 Å². The van der Waals surface area contributed by atoms with Gasteiger partial charge in [0.25, 0.3) is 5.91 Å². The minimum absolute atomic E-state index is 0.0468. The zero-order chi connectivity index (χ0) is 16.4. The van der Waals surface area contributed by atoms with E-state index < -0.39 is 0 Å². The molecule has 23 heavy (non-hydrogen) atoms. The summed E-state index contributed by atoms with van der Waals surface area (Å²) in [5, 5.41) is 6.89. The summed E-state index contributed by atoms with van der Waals surface area (Å²) in [5.74, 6) is 1.35. The van der Waals surface area contributed by atoms with Crippen LogP contribution in [0.15, 0.2) is 10.6 Å². The van der Waals surface area contributed by atoms with Crippen molar-refractivity contribution in [3.63, 3.8) is 0 Å². The molecular weight excluding hydrogens is 296 g/mol. The summed E-state index contributed by atoms with van der Waals surface area (Å²) in [6, 6.07) is 1.79. The number of carbonyl (C=O) groups is 2. The van der Waals surface area contributed by atoms with Crippen LogP contribution in [0, 0.1) is 5.92 Å². The van der Waals surface area contributed by atoms with Crippen LogP contribution in [0.5, 0.6) is 0 Å². The maximum absolute atomic E-state index is 12.3. The molecule has 0 spiro atoms. The van der Waals surface area contributed by atoms with Gasteiger partial charge in [0.15, 0.2) is 5.69 Å². The number of nitrogens with zero attached hydrogens (tertiary/aromatic N) is 2. The summed E-state index contributed by atoms with van der Waals surface area (Å²) in [6.45, 7) is 3.72. The molecule has 2 fully saturated rings. The fourth-order valence-electron chi connectivity index (χ4n) is 3.07. The number of hydrogen-bond donors (Lipinski definition) is 2. The van der Waals surface area contributed by atoms with Gasteiger partial charge in [-0.1, -0.05) is 12.1 Å². The van der Waals surface area contributed by atoms with Crippen molar-refractivity contribution in [2.45, 2.75) is 44.6 Å². The summed E-state index contributed by atoms with van der Waals surface area (Å²) in [5.41, 5.74) is 5.78. The third kappa shape index (κ3) is 3.72. The highest BCUT2D eigenvalue weighted by atomic mass is 16.5. The average molecular weight is 320 g/mol. The second kappa shape index (κ2) is 6.70. The van der Waals surface area contributed by atoms with Gasteiger partial charge in [0.1, 0.15) is 5.76 Å². The highest BCUT2D eigenvalue weighted by Crippen LogP contribution is 2.40. The molecule has 2 aliphatic rings. The van der Waals surface area contributed by atoms with Gasteiger partial charge in [-0.15, -0.1) is 0 Å². The second-order valence-electron chi connectivity index (χ2n) is 6.61. The topological polar surface area (TPSA) is 101 Å². The minimum atomic E-state index is -0.195. The number of amides is 2. The minimum Gasteiger partial charge on any atom is -0.360 e. The lowest BCUT2D eigenvalue weighted by molar-refractivity contribution is -0.132. The Kier molecular flexibility index (Phi) is 4.66. The number of rotatable bonds is 5. The molecule has 2 heterocycles. The number of carbonyl (C=O) groups excluding carboxylic acids is 2. The van der Waals surface area contributed by atoms with E-state index in [1.54, 1.807) is 6.07 Å². The second-order valence-corrected chi connectivity index (χ2v) is 6.61. The Morgan fingerprint density at radius 2 is 2.22 bits per heavy atom. The summed E-state index contributed by atoms with van der Waals surface area (Å²) < 4.78 is 5.23. The standard InChI is InChI=1S/C16H24N4O3/c1-10-9-20(15(21)4-6-17)7-5-12(10)18-16(22)13-8-14(23-19-13)11-2-3-11/h8,10-12H,2-7,9,17H2,1H3,(H,18,22). The van der Waals surface area contributed by atoms with Crippen LogP contribution in [-0.4, -0.2) is 47.5 Å². The molecule has 126 valence electrons. The van der Waals surface area contributed by atoms with Gasteiger partial charge in [-0.25, -0.2) is 0 Å². The van der Waals surface area contributed by atoms with E-state index in [1.807, 2.05) is 11.8 Å². The number of likely N-dealkylation sites (tertiary alicyclic amines) is 1. The van der Waals surface area contributed by atoms with E-state index in [0.29, 0.717) is 37.7 Å². The maximum Gasteiger partial charge on any atom is 0.273 e. The third-order valence-corrected chi connectivity index (χ3v) is 4.67. The molecule has 1 saturated carbocycles. The molecule has 1 aromatic rings. The molecule has 1 aromatic heterocycles. The van der Waals surface area contributed by atoms with Gasteiger partial charge in [0.2, 0.25) is 5.91 Å². The Labute approximate surface area is 135 Å². The molecule has 3 N–H and O–H groups in total. The van der Waals surface area contributed by atoms with E-state index in [2.05, 4.69) is 10.5 Å². The summed E-state index contributed by atoms with van der Waals surface area (Å²) in [4.78, 5) is 26.0. The molecule has 1 saturated heterocycles. The molecule has 0 radical (unpaired) electrons. The molecule has 0 aromatic carbocycles. The van der Waals surface area contributed by atoms with Gasteiger partial charge in [-0.05, 0) is 25.2 Å². The van der Waals surface area contributed by atoms with Crippen LogP contribution in [0.25, 0.3) is 0 Å². The van der Waals surface area contributed by atoms with Crippen LogP contribution in [0.2, 0.25) is 0 Å². The van der Waals surface area contributed by atoms with Crippen molar-refractivity contribution in [1.82, 2.24) is 15.4 Å². The van der Waals surface area contributed by atoms with E-state index >= 15 is 0 Å². The normalized spacial score (nSPS) is 24.5. The summed E-state index contributed by atoms with van der Waals surface area (Å²) in [6.07, 6.45) is 3.36. The quantitative estimate of drug-likeness (QED) is 0.838. The van der Waals surface area contributed by atoms with Crippen LogP contribution < -0.4 is 11.1 Å². The smallest absolute Gasteiger partial charge is 0.273 e. The Hall–Kier alpha value is -1.89. The van der Waals surface area contributed by atoms with Crippen molar-refractivity contribution in [2.24, 2.45) is 11.7 Å². The molecule has 1 aliphatic carbocycles. The fraction of sp³-hybridized carbons (Fsp3) is 0.688. The number of piperidine rings is 1. The monoisotopic (exact) mass is 320 g/mol. The fourth-order valence-corrected chi connectivity index (χ4v) is 3.07. The third-order valence-electron chi connectivity index (χ3n) is 4.67. The zero-order valence-corrected chi connectivity index (χ0v) is 13.5. The lowest BCUT2D eigenvalue weighted by Gasteiger charge is -2.37. The van der Waals surface area contributed by atoms with Gasteiger partial charge in [-0.2, -0.15) is 0 Å². The highest BCUT2D eigenvalue weighted by Gasteiger charge is 2.32. The van der Waals surface area contributed by atoms with Gasteiger partial charge in [0, 0.05) is 44.1 Å². The average Bonchev–Trinajstić information content (AvgIpc) is 3.26. The van der Waals surface area contributed by atoms with Crippen molar-refractivity contribution in [1.29, 1.82) is 0 Å². The maximum atomic E-state index is 12.3. The van der Waals surface area contributed by atoms with E-state index in [-0.39, 0.29) is 23.8 Å². The van der Waals surface area contributed by atoms with Gasteiger partial charge >= 0.3 is 0 Å². The number of hydrogen-bond acceptors (Lipinski definition) is 5. The SMILES string of the molecule is CC1CN(C(=O)CCN)CCC1NC(=O)c1cc(C2CC2)on1. The predicted molar refractivity (Wildman–Crippen MR) is 83.8 cm³/mol. The molecule has 7 nitrogen and oxygen atoms in total. The molecule has 2 atom stereocenters. The summed E-state index contributed by atoms with van der Waals surface area (Å²) in [7, 11) is 0.